The summed E-state index contributed by atoms with van der Waals surface area (Å²) in [7, 11) is 1.93. The molecule has 5 heteroatoms. The number of anilines is 1. The zero-order chi connectivity index (χ0) is 30.9. The van der Waals surface area contributed by atoms with Crippen LogP contribution in [0.5, 0.6) is 0 Å². The number of allylic oxidation sites excluding steroid dienone is 1. The maximum absolute atomic E-state index is 8.00. The van der Waals surface area contributed by atoms with Crippen molar-refractivity contribution < 1.29 is 4.79 Å². The van der Waals surface area contributed by atoms with Crippen LogP contribution in [0, 0.1) is 19.8 Å². The SMILES string of the molecule is C=C.C=C(C)C(C)CC.C=O.CC/C(=N\N=C(/C)c1cccnc1)c1ccc(C)cc1.CNc1cccc(C)c1. The lowest BCUT2D eigenvalue weighted by molar-refractivity contribution is -0.0980. The van der Waals surface area contributed by atoms with Gasteiger partial charge in [-0.25, -0.2) is 0 Å². The van der Waals surface area contributed by atoms with E-state index in [2.05, 4.69) is 118 Å². The number of nitrogens with one attached hydrogen (secondary N) is 1. The highest BCUT2D eigenvalue weighted by molar-refractivity contribution is 6.02. The van der Waals surface area contributed by atoms with Gasteiger partial charge < -0.3 is 10.1 Å². The third kappa shape index (κ3) is 16.7. The molecule has 0 bridgehead atoms. The number of carbonyl (C=O) groups excluding carboxylic acids is 1. The van der Waals surface area contributed by atoms with Crippen molar-refractivity contribution in [3.63, 3.8) is 0 Å². The van der Waals surface area contributed by atoms with E-state index in [-0.39, 0.29) is 0 Å². The number of carbonyl (C=O) groups is 1. The van der Waals surface area contributed by atoms with E-state index in [0.29, 0.717) is 5.92 Å². The molecule has 0 fully saturated rings. The van der Waals surface area contributed by atoms with Gasteiger partial charge >= 0.3 is 0 Å². The van der Waals surface area contributed by atoms with Crippen LogP contribution in [0.1, 0.15) is 69.7 Å². The van der Waals surface area contributed by atoms with Crippen molar-refractivity contribution in [2.75, 3.05) is 12.4 Å². The van der Waals surface area contributed by atoms with E-state index < -0.39 is 0 Å². The fourth-order valence-electron chi connectivity index (χ4n) is 3.00. The maximum atomic E-state index is 8.00. The Labute approximate surface area is 243 Å². The van der Waals surface area contributed by atoms with Gasteiger partial charge in [-0.2, -0.15) is 10.2 Å². The summed E-state index contributed by atoms with van der Waals surface area (Å²) in [5, 5.41) is 11.8. The molecule has 1 unspecified atom stereocenters. The third-order valence-corrected chi connectivity index (χ3v) is 5.88. The topological polar surface area (TPSA) is 66.7 Å². The van der Waals surface area contributed by atoms with E-state index >= 15 is 0 Å². The Hall–Kier alpha value is -4.12. The highest BCUT2D eigenvalue weighted by Crippen LogP contribution is 2.10. The Kier molecular flexibility index (Phi) is 22.8. The van der Waals surface area contributed by atoms with Crippen molar-refractivity contribution in [2.24, 2.45) is 16.1 Å². The predicted octanol–water partition coefficient (Wildman–Crippen LogP) is 9.28. The number of pyridine rings is 1. The van der Waals surface area contributed by atoms with E-state index in [9.17, 15) is 0 Å². The van der Waals surface area contributed by atoms with Crippen LogP contribution in [0.15, 0.2) is 109 Å². The number of hydrogen-bond donors (Lipinski definition) is 1. The van der Waals surface area contributed by atoms with Crippen LogP contribution in [0.4, 0.5) is 5.69 Å². The minimum absolute atomic E-state index is 0.708. The van der Waals surface area contributed by atoms with Crippen LogP contribution in [0.25, 0.3) is 0 Å². The van der Waals surface area contributed by atoms with Gasteiger partial charge in [0.25, 0.3) is 0 Å². The van der Waals surface area contributed by atoms with Crippen molar-refractivity contribution in [3.8, 4) is 0 Å². The van der Waals surface area contributed by atoms with Crippen LogP contribution >= 0.6 is 0 Å². The van der Waals surface area contributed by atoms with Crippen molar-refractivity contribution in [3.05, 3.63) is 121 Å². The fourth-order valence-corrected chi connectivity index (χ4v) is 3.00. The Bertz CT molecular complexity index is 1130. The van der Waals surface area contributed by atoms with Gasteiger partial charge in [0.15, 0.2) is 0 Å². The standard InChI is InChI=1S/C17H19N3.C8H11N.C7H14.C2H4.CH2O/c1-4-17(15-9-7-13(2)8-10-15)20-19-14(3)16-6-5-11-18-12-16;1-7-4-3-5-8(6-7)9-2;1-5-7(4)6(2)3;2*1-2/h5-12H,4H2,1-3H3;3-6,9H,1-2H3;7H,2,5H2,1,3-4H3;1-2H2;1H2/b19-14+,20-17+;;;;. The molecular formula is C35H50N4O. The Morgan fingerprint density at radius 3 is 1.93 bits per heavy atom. The van der Waals surface area contributed by atoms with Crippen LogP contribution in [-0.2, 0) is 4.79 Å². The number of aromatic nitrogens is 1. The van der Waals surface area contributed by atoms with E-state index in [4.69, 9.17) is 4.79 Å². The monoisotopic (exact) mass is 542 g/mol. The second-order valence-electron chi connectivity index (χ2n) is 8.97. The van der Waals surface area contributed by atoms with Gasteiger partial charge in [-0.1, -0.05) is 81.0 Å². The number of benzene rings is 2. The summed E-state index contributed by atoms with van der Waals surface area (Å²) >= 11 is 0. The molecule has 1 N–H and O–H groups in total. The smallest absolute Gasteiger partial charge is 0.106 e. The second kappa shape index (κ2) is 24.0. The largest absolute Gasteiger partial charge is 0.388 e. The highest BCUT2D eigenvalue weighted by atomic mass is 16.1. The highest BCUT2D eigenvalue weighted by Gasteiger charge is 2.01. The van der Waals surface area contributed by atoms with Crippen molar-refractivity contribution in [2.45, 2.75) is 61.3 Å². The Morgan fingerprint density at radius 2 is 1.52 bits per heavy atom. The molecule has 0 saturated heterocycles. The summed E-state index contributed by atoms with van der Waals surface area (Å²) in [6, 6.07) is 20.5. The molecular weight excluding hydrogens is 492 g/mol. The molecule has 216 valence electrons. The summed E-state index contributed by atoms with van der Waals surface area (Å²) in [5.74, 6) is 0.708. The van der Waals surface area contributed by atoms with Gasteiger partial charge in [0.2, 0.25) is 0 Å². The first kappa shape index (κ1) is 38.0. The van der Waals surface area contributed by atoms with Crippen molar-refractivity contribution in [1.29, 1.82) is 0 Å². The van der Waals surface area contributed by atoms with E-state index in [1.807, 2.05) is 45.0 Å². The minimum Gasteiger partial charge on any atom is -0.388 e. The van der Waals surface area contributed by atoms with Gasteiger partial charge in [-0.05, 0) is 75.8 Å². The molecule has 1 atom stereocenters. The summed E-state index contributed by atoms with van der Waals surface area (Å²) in [4.78, 5) is 12.1. The molecule has 5 nitrogen and oxygen atoms in total. The average molecular weight is 543 g/mol. The minimum atomic E-state index is 0.708. The lowest BCUT2D eigenvalue weighted by atomic mass is 10.0. The zero-order valence-electron chi connectivity index (χ0n) is 26.0. The van der Waals surface area contributed by atoms with Crippen molar-refractivity contribution >= 4 is 23.9 Å². The van der Waals surface area contributed by atoms with Crippen LogP contribution < -0.4 is 5.32 Å². The summed E-state index contributed by atoms with van der Waals surface area (Å²) in [6.07, 6.45) is 5.62. The average Bonchev–Trinajstić information content (AvgIpc) is 3.00. The quantitative estimate of drug-likeness (QED) is 0.184. The molecule has 1 aromatic heterocycles. The molecule has 0 amide bonds. The Balaban J connectivity index is 0. The van der Waals surface area contributed by atoms with E-state index in [1.54, 1.807) is 12.4 Å². The zero-order valence-corrected chi connectivity index (χ0v) is 26.0. The molecule has 0 aliphatic heterocycles. The molecule has 1 heterocycles. The fraction of sp³-hybridized carbons (Fsp3) is 0.314. The number of hydrogen-bond acceptors (Lipinski definition) is 5. The molecule has 40 heavy (non-hydrogen) atoms. The first-order valence-electron chi connectivity index (χ1n) is 13.5. The third-order valence-electron chi connectivity index (χ3n) is 5.88. The number of nitrogens with zero attached hydrogens (tertiary/aromatic N) is 3. The van der Waals surface area contributed by atoms with Crippen molar-refractivity contribution in [1.82, 2.24) is 4.98 Å². The van der Waals surface area contributed by atoms with Crippen LogP contribution in [0.2, 0.25) is 0 Å². The molecule has 0 radical (unpaired) electrons. The molecule has 0 aliphatic carbocycles. The van der Waals surface area contributed by atoms with Crippen LogP contribution in [-0.4, -0.2) is 30.2 Å². The van der Waals surface area contributed by atoms with Gasteiger partial charge in [0, 0.05) is 30.7 Å². The maximum Gasteiger partial charge on any atom is 0.106 e. The molecule has 2 aromatic carbocycles. The van der Waals surface area contributed by atoms with E-state index in [0.717, 1.165) is 29.0 Å². The first-order valence-corrected chi connectivity index (χ1v) is 13.5. The molecule has 0 spiro atoms. The molecule has 3 aromatic rings. The molecule has 3 rings (SSSR count). The second-order valence-corrected chi connectivity index (χ2v) is 8.97. The van der Waals surface area contributed by atoms with Gasteiger partial charge in [-0.15, -0.1) is 13.2 Å². The predicted molar refractivity (Wildman–Crippen MR) is 178 cm³/mol. The normalized spacial score (nSPS) is 10.9. The van der Waals surface area contributed by atoms with Gasteiger partial charge in [-0.3, -0.25) is 4.98 Å². The van der Waals surface area contributed by atoms with E-state index in [1.165, 1.54) is 28.8 Å². The van der Waals surface area contributed by atoms with Crippen LogP contribution in [0.3, 0.4) is 0 Å². The molecule has 0 aliphatic rings. The number of rotatable bonds is 7. The summed E-state index contributed by atoms with van der Waals surface area (Å²) < 4.78 is 0. The Morgan fingerprint density at radius 1 is 0.900 bits per heavy atom. The van der Waals surface area contributed by atoms with Gasteiger partial charge in [0.1, 0.15) is 6.79 Å². The molecule has 0 saturated carbocycles. The summed E-state index contributed by atoms with van der Waals surface area (Å²) in [5.41, 5.74) is 9.00. The lowest BCUT2D eigenvalue weighted by Crippen LogP contribution is -2.00. The lowest BCUT2D eigenvalue weighted by Gasteiger charge is -2.04. The number of aryl methyl sites for hydroxylation is 2. The first-order chi connectivity index (χ1) is 19.2. The van der Waals surface area contributed by atoms with Gasteiger partial charge in [0.05, 0.1) is 11.4 Å². The summed E-state index contributed by atoms with van der Waals surface area (Å²) in [6.45, 7) is 26.5.